The van der Waals surface area contributed by atoms with Gasteiger partial charge in [-0.1, -0.05) is 0 Å². The highest BCUT2D eigenvalue weighted by molar-refractivity contribution is 7.92. The summed E-state index contributed by atoms with van der Waals surface area (Å²) in [5.74, 6) is -0.0225. The summed E-state index contributed by atoms with van der Waals surface area (Å²) in [6.07, 6.45) is 6.61. The minimum absolute atomic E-state index is 0.0225. The molecule has 3 aromatic heterocycles. The first-order valence-corrected chi connectivity index (χ1v) is 10.4. The van der Waals surface area contributed by atoms with Crippen molar-refractivity contribution in [3.8, 4) is 21.1 Å². The molecule has 8 nitrogen and oxygen atoms in total. The molecule has 0 fully saturated rings. The number of nitrogen functional groups attached to an aromatic ring is 1. The van der Waals surface area contributed by atoms with Gasteiger partial charge in [0.1, 0.15) is 5.01 Å². The van der Waals surface area contributed by atoms with E-state index in [4.69, 9.17) is 5.73 Å². The number of benzene rings is 1. The minimum atomic E-state index is -3.82. The summed E-state index contributed by atoms with van der Waals surface area (Å²) in [6, 6.07) is 11.3. The molecule has 0 saturated heterocycles. The SMILES string of the molecule is Nc1ccc(S(=O)(=O)Nc2nccc(-c3cnc(-c4cccnc4)s3)n2)cc1. The summed E-state index contributed by atoms with van der Waals surface area (Å²) >= 11 is 1.43. The summed E-state index contributed by atoms with van der Waals surface area (Å²) in [5.41, 5.74) is 7.55. The molecule has 0 spiro atoms. The van der Waals surface area contributed by atoms with E-state index in [1.807, 2.05) is 12.1 Å². The van der Waals surface area contributed by atoms with Gasteiger partial charge in [-0.25, -0.2) is 28.1 Å². The van der Waals surface area contributed by atoms with Crippen molar-refractivity contribution in [1.29, 1.82) is 0 Å². The van der Waals surface area contributed by atoms with Crippen LogP contribution in [0.5, 0.6) is 0 Å². The van der Waals surface area contributed by atoms with E-state index in [0.29, 0.717) is 11.4 Å². The van der Waals surface area contributed by atoms with E-state index in [1.54, 1.807) is 24.7 Å². The molecule has 3 N–H and O–H groups in total. The summed E-state index contributed by atoms with van der Waals surface area (Å²) in [6.45, 7) is 0. The Balaban J connectivity index is 1.60. The number of anilines is 2. The molecule has 0 radical (unpaired) electrons. The van der Waals surface area contributed by atoms with E-state index in [1.165, 1.54) is 41.8 Å². The smallest absolute Gasteiger partial charge is 0.264 e. The summed E-state index contributed by atoms with van der Waals surface area (Å²) in [7, 11) is -3.82. The molecule has 10 heteroatoms. The maximum atomic E-state index is 12.5. The Morgan fingerprint density at radius 3 is 2.54 bits per heavy atom. The van der Waals surface area contributed by atoms with Crippen molar-refractivity contribution in [1.82, 2.24) is 19.9 Å². The number of nitrogens with one attached hydrogen (secondary N) is 1. The van der Waals surface area contributed by atoms with Crippen LogP contribution in [0.25, 0.3) is 21.1 Å². The van der Waals surface area contributed by atoms with Crippen LogP contribution in [-0.4, -0.2) is 28.4 Å². The zero-order valence-corrected chi connectivity index (χ0v) is 16.0. The molecule has 0 aliphatic carbocycles. The van der Waals surface area contributed by atoms with Gasteiger partial charge in [0.05, 0.1) is 15.5 Å². The van der Waals surface area contributed by atoms with Gasteiger partial charge in [0.15, 0.2) is 0 Å². The number of hydrogen-bond acceptors (Lipinski definition) is 8. The second-order valence-electron chi connectivity index (χ2n) is 5.71. The van der Waals surface area contributed by atoms with Crippen molar-refractivity contribution >= 4 is 33.0 Å². The highest BCUT2D eigenvalue weighted by atomic mass is 32.2. The zero-order valence-electron chi connectivity index (χ0n) is 14.4. The Morgan fingerprint density at radius 2 is 1.79 bits per heavy atom. The molecule has 0 atom stereocenters. The predicted molar refractivity (Wildman–Crippen MR) is 108 cm³/mol. The minimum Gasteiger partial charge on any atom is -0.399 e. The van der Waals surface area contributed by atoms with Crippen molar-refractivity contribution in [2.75, 3.05) is 10.5 Å². The molecule has 0 unspecified atom stereocenters. The van der Waals surface area contributed by atoms with Gasteiger partial charge >= 0.3 is 0 Å². The van der Waals surface area contributed by atoms with Crippen LogP contribution in [0.1, 0.15) is 0 Å². The molecule has 0 bridgehead atoms. The number of hydrogen-bond donors (Lipinski definition) is 2. The molecular formula is C18H14N6O2S2. The number of nitrogens with two attached hydrogens (primary N) is 1. The normalized spacial score (nSPS) is 11.3. The van der Waals surface area contributed by atoms with Crippen LogP contribution >= 0.6 is 11.3 Å². The van der Waals surface area contributed by atoms with Crippen LogP contribution in [0.2, 0.25) is 0 Å². The Kier molecular flexibility index (Phi) is 4.72. The van der Waals surface area contributed by atoms with Crippen LogP contribution in [0, 0.1) is 0 Å². The first-order valence-electron chi connectivity index (χ1n) is 8.09. The second kappa shape index (κ2) is 7.33. The zero-order chi connectivity index (χ0) is 19.6. The van der Waals surface area contributed by atoms with Crippen molar-refractivity contribution in [3.63, 3.8) is 0 Å². The van der Waals surface area contributed by atoms with E-state index in [9.17, 15) is 8.42 Å². The van der Waals surface area contributed by atoms with Gasteiger partial charge in [-0.15, -0.1) is 11.3 Å². The van der Waals surface area contributed by atoms with Crippen LogP contribution in [0.3, 0.4) is 0 Å². The van der Waals surface area contributed by atoms with E-state index < -0.39 is 10.0 Å². The monoisotopic (exact) mass is 410 g/mol. The van der Waals surface area contributed by atoms with Gasteiger partial charge in [0, 0.05) is 36.0 Å². The first kappa shape index (κ1) is 18.0. The van der Waals surface area contributed by atoms with Crippen molar-refractivity contribution in [2.24, 2.45) is 0 Å². The molecule has 4 aromatic rings. The number of thiazole rings is 1. The molecule has 0 amide bonds. The summed E-state index contributed by atoms with van der Waals surface area (Å²) < 4.78 is 27.4. The molecule has 0 saturated carbocycles. The van der Waals surface area contributed by atoms with Gasteiger partial charge in [-0.2, -0.15) is 0 Å². The summed E-state index contributed by atoms with van der Waals surface area (Å²) in [4.78, 5) is 17.7. The standard InChI is InChI=1S/C18H14N6O2S2/c19-13-3-5-14(6-4-13)28(25,26)24-18-21-9-7-15(23-18)16-11-22-17(27-16)12-2-1-8-20-10-12/h1-11H,19H2,(H,21,23,24). The van der Waals surface area contributed by atoms with Crippen molar-refractivity contribution in [2.45, 2.75) is 4.90 Å². The fourth-order valence-electron chi connectivity index (χ4n) is 2.39. The average molecular weight is 410 g/mol. The fraction of sp³-hybridized carbons (Fsp3) is 0. The molecule has 0 aliphatic rings. The number of rotatable bonds is 5. The Labute approximate surface area is 165 Å². The highest BCUT2D eigenvalue weighted by Gasteiger charge is 2.16. The third-order valence-corrected chi connectivity index (χ3v) is 6.15. The van der Waals surface area contributed by atoms with Crippen LogP contribution in [0.15, 0.2) is 72.1 Å². The van der Waals surface area contributed by atoms with Gasteiger partial charge in [0.2, 0.25) is 5.95 Å². The molecule has 0 aliphatic heterocycles. The highest BCUT2D eigenvalue weighted by Crippen LogP contribution is 2.31. The van der Waals surface area contributed by atoms with Gasteiger partial charge in [-0.05, 0) is 42.5 Å². The lowest BCUT2D eigenvalue weighted by molar-refractivity contribution is 0.601. The summed E-state index contributed by atoms with van der Waals surface area (Å²) in [5, 5.41) is 0.797. The van der Waals surface area contributed by atoms with E-state index >= 15 is 0 Å². The van der Waals surface area contributed by atoms with Gasteiger partial charge in [-0.3, -0.25) is 4.98 Å². The van der Waals surface area contributed by atoms with E-state index in [2.05, 4.69) is 24.7 Å². The van der Waals surface area contributed by atoms with Crippen LogP contribution in [-0.2, 0) is 10.0 Å². The number of nitrogens with zero attached hydrogens (tertiary/aromatic N) is 4. The number of sulfonamides is 1. The van der Waals surface area contributed by atoms with Crippen LogP contribution < -0.4 is 10.5 Å². The maximum Gasteiger partial charge on any atom is 0.264 e. The number of pyridine rings is 1. The largest absolute Gasteiger partial charge is 0.399 e. The van der Waals surface area contributed by atoms with Crippen molar-refractivity contribution in [3.05, 3.63) is 67.3 Å². The van der Waals surface area contributed by atoms with Crippen molar-refractivity contribution < 1.29 is 8.42 Å². The molecular weight excluding hydrogens is 396 g/mol. The molecule has 140 valence electrons. The fourth-order valence-corrected chi connectivity index (χ4v) is 4.21. The quantitative estimate of drug-likeness (QED) is 0.485. The molecule has 3 heterocycles. The van der Waals surface area contributed by atoms with E-state index in [0.717, 1.165) is 15.4 Å². The third kappa shape index (κ3) is 3.82. The third-order valence-electron chi connectivity index (χ3n) is 3.74. The van der Waals surface area contributed by atoms with Gasteiger partial charge < -0.3 is 5.73 Å². The van der Waals surface area contributed by atoms with Crippen LogP contribution in [0.4, 0.5) is 11.6 Å². The predicted octanol–water partition coefficient (Wildman–Crippen LogP) is 3.05. The lowest BCUT2D eigenvalue weighted by Gasteiger charge is -2.07. The Hall–Kier alpha value is -3.37. The average Bonchev–Trinajstić information content (AvgIpc) is 3.19. The molecule has 28 heavy (non-hydrogen) atoms. The number of aromatic nitrogens is 4. The molecule has 1 aromatic carbocycles. The lowest BCUT2D eigenvalue weighted by Crippen LogP contribution is -2.15. The Morgan fingerprint density at radius 1 is 0.964 bits per heavy atom. The Bertz CT molecular complexity index is 1210. The molecule has 4 rings (SSSR count). The van der Waals surface area contributed by atoms with Gasteiger partial charge in [0.25, 0.3) is 10.0 Å². The lowest BCUT2D eigenvalue weighted by atomic mass is 10.3. The first-order chi connectivity index (χ1) is 13.5. The second-order valence-corrected chi connectivity index (χ2v) is 8.42. The maximum absolute atomic E-state index is 12.5. The van der Waals surface area contributed by atoms with E-state index in [-0.39, 0.29) is 10.8 Å². The topological polar surface area (TPSA) is 124 Å².